The van der Waals surface area contributed by atoms with Gasteiger partial charge in [-0.15, -0.1) is 0 Å². The number of hydrogen-bond acceptors (Lipinski definition) is 5. The first-order chi connectivity index (χ1) is 12.0. The molecule has 1 amide bonds. The Balaban J connectivity index is 1.73. The molecule has 1 unspecified atom stereocenters. The topological polar surface area (TPSA) is 102 Å². The summed E-state index contributed by atoms with van der Waals surface area (Å²) in [6, 6.07) is -1.37. The molecule has 2 rings (SSSR count). The largest absolute Gasteiger partial charge is 0.461 e. The van der Waals surface area contributed by atoms with E-state index in [0.29, 0.717) is 12.3 Å². The van der Waals surface area contributed by atoms with Gasteiger partial charge < -0.3 is 20.9 Å². The summed E-state index contributed by atoms with van der Waals surface area (Å²) in [5.41, 5.74) is 6.02. The van der Waals surface area contributed by atoms with E-state index in [-0.39, 0.29) is 6.10 Å². The van der Waals surface area contributed by atoms with E-state index in [9.17, 15) is 14.7 Å². The maximum atomic E-state index is 12.2. The third-order valence-corrected chi connectivity index (χ3v) is 5.55. The standard InChI is InChI=1S/C19H34N2O4/c1-13(19(24)25-15-10-6-3-7-11-15)21-18(23)17(22)16(20)12-14-8-4-2-5-9-14/h13-17,22H,2-12,20H2,1H3,(H,21,23)/t13-,16-,17?/m1/s1. The molecule has 6 nitrogen and oxygen atoms in total. The van der Waals surface area contributed by atoms with Crippen molar-refractivity contribution in [2.75, 3.05) is 0 Å². The van der Waals surface area contributed by atoms with Crippen LogP contribution in [-0.2, 0) is 14.3 Å². The van der Waals surface area contributed by atoms with E-state index >= 15 is 0 Å². The third kappa shape index (κ3) is 6.59. The van der Waals surface area contributed by atoms with Gasteiger partial charge in [0.15, 0.2) is 0 Å². The van der Waals surface area contributed by atoms with Crippen molar-refractivity contribution < 1.29 is 19.4 Å². The lowest BCUT2D eigenvalue weighted by Gasteiger charge is -2.27. The number of rotatable bonds is 7. The molecule has 0 radical (unpaired) electrons. The SMILES string of the molecule is C[C@@H](NC(=O)C(O)[C@H](N)CC1CCCCC1)C(=O)OC1CCCCC1. The molecule has 0 aromatic carbocycles. The predicted octanol–water partition coefficient (Wildman–Crippen LogP) is 2.03. The van der Waals surface area contributed by atoms with Crippen LogP contribution in [0, 0.1) is 5.92 Å². The number of nitrogens with one attached hydrogen (secondary N) is 1. The Bertz CT molecular complexity index is 431. The summed E-state index contributed by atoms with van der Waals surface area (Å²) in [6.45, 7) is 1.59. The van der Waals surface area contributed by atoms with Gasteiger partial charge in [-0.25, -0.2) is 4.79 Å². The zero-order valence-corrected chi connectivity index (χ0v) is 15.4. The molecule has 0 bridgehead atoms. The van der Waals surface area contributed by atoms with E-state index in [4.69, 9.17) is 10.5 Å². The van der Waals surface area contributed by atoms with E-state index < -0.39 is 30.1 Å². The molecule has 2 aliphatic rings. The second-order valence-corrected chi connectivity index (χ2v) is 7.78. The maximum absolute atomic E-state index is 12.2. The Morgan fingerprint density at radius 1 is 1.08 bits per heavy atom. The average Bonchev–Trinajstić information content (AvgIpc) is 2.62. The number of aliphatic hydroxyl groups excluding tert-OH is 1. The molecule has 6 heteroatoms. The van der Waals surface area contributed by atoms with Gasteiger partial charge in [0.2, 0.25) is 0 Å². The highest BCUT2D eigenvalue weighted by atomic mass is 16.5. The highest BCUT2D eigenvalue weighted by molar-refractivity contribution is 5.87. The Hall–Kier alpha value is -1.14. The van der Waals surface area contributed by atoms with E-state index in [0.717, 1.165) is 38.5 Å². The Kier molecular flexibility index (Phi) is 8.16. The lowest BCUT2D eigenvalue weighted by molar-refractivity contribution is -0.154. The van der Waals surface area contributed by atoms with Gasteiger partial charge in [-0.3, -0.25) is 4.79 Å². The Labute approximate surface area is 150 Å². The number of nitrogens with two attached hydrogens (primary N) is 1. The van der Waals surface area contributed by atoms with E-state index in [2.05, 4.69) is 5.32 Å². The molecule has 3 atom stereocenters. The molecular weight excluding hydrogens is 320 g/mol. The number of amides is 1. The highest BCUT2D eigenvalue weighted by Gasteiger charge is 2.29. The fraction of sp³-hybridized carbons (Fsp3) is 0.895. The second-order valence-electron chi connectivity index (χ2n) is 7.78. The molecular formula is C19H34N2O4. The van der Waals surface area contributed by atoms with E-state index in [1.165, 1.54) is 25.7 Å². The van der Waals surface area contributed by atoms with Crippen molar-refractivity contribution in [1.29, 1.82) is 0 Å². The second kappa shape index (κ2) is 10.1. The number of hydrogen-bond donors (Lipinski definition) is 3. The van der Waals surface area contributed by atoms with Crippen molar-refractivity contribution >= 4 is 11.9 Å². The van der Waals surface area contributed by atoms with Crippen LogP contribution in [0.3, 0.4) is 0 Å². The predicted molar refractivity (Wildman–Crippen MR) is 95.7 cm³/mol. The van der Waals surface area contributed by atoms with Crippen LogP contribution in [0.1, 0.15) is 77.6 Å². The van der Waals surface area contributed by atoms with Crippen molar-refractivity contribution in [2.45, 2.75) is 102 Å². The van der Waals surface area contributed by atoms with Crippen LogP contribution in [0.5, 0.6) is 0 Å². The first-order valence-corrected chi connectivity index (χ1v) is 9.92. The molecule has 0 aromatic heterocycles. The van der Waals surface area contributed by atoms with Crippen LogP contribution in [0.4, 0.5) is 0 Å². The van der Waals surface area contributed by atoms with Crippen LogP contribution >= 0.6 is 0 Å². The summed E-state index contributed by atoms with van der Waals surface area (Å²) in [5, 5.41) is 12.7. The van der Waals surface area contributed by atoms with Crippen LogP contribution in [0.15, 0.2) is 0 Å². The molecule has 0 aliphatic heterocycles. The normalized spacial score (nSPS) is 23.5. The molecule has 0 saturated heterocycles. The third-order valence-electron chi connectivity index (χ3n) is 5.55. The Morgan fingerprint density at radius 2 is 1.64 bits per heavy atom. The van der Waals surface area contributed by atoms with Gasteiger partial charge in [-0.2, -0.15) is 0 Å². The minimum absolute atomic E-state index is 0.0425. The zero-order chi connectivity index (χ0) is 18.2. The molecule has 0 aromatic rings. The van der Waals surface area contributed by atoms with Crippen LogP contribution < -0.4 is 11.1 Å². The average molecular weight is 354 g/mol. The fourth-order valence-electron chi connectivity index (χ4n) is 3.94. The van der Waals surface area contributed by atoms with E-state index in [1.807, 2.05) is 0 Å². The van der Waals surface area contributed by atoms with E-state index in [1.54, 1.807) is 6.92 Å². The van der Waals surface area contributed by atoms with Crippen molar-refractivity contribution in [3.63, 3.8) is 0 Å². The monoisotopic (exact) mass is 354 g/mol. The molecule has 4 N–H and O–H groups in total. The lowest BCUT2D eigenvalue weighted by atomic mass is 9.84. The zero-order valence-electron chi connectivity index (χ0n) is 15.4. The highest BCUT2D eigenvalue weighted by Crippen LogP contribution is 2.27. The first kappa shape index (κ1) is 20.2. The van der Waals surface area contributed by atoms with Gasteiger partial charge in [0, 0.05) is 6.04 Å². The molecule has 2 aliphatic carbocycles. The van der Waals surface area contributed by atoms with Gasteiger partial charge >= 0.3 is 5.97 Å². The van der Waals surface area contributed by atoms with Crippen molar-refractivity contribution in [3.05, 3.63) is 0 Å². The van der Waals surface area contributed by atoms with Crippen molar-refractivity contribution in [1.82, 2.24) is 5.32 Å². The summed E-state index contributed by atoms with van der Waals surface area (Å²) >= 11 is 0. The lowest BCUT2D eigenvalue weighted by Crippen LogP contribution is -2.51. The molecule has 25 heavy (non-hydrogen) atoms. The van der Waals surface area contributed by atoms with Crippen LogP contribution in [0.2, 0.25) is 0 Å². The molecule has 2 fully saturated rings. The van der Waals surface area contributed by atoms with Crippen LogP contribution in [0.25, 0.3) is 0 Å². The number of aliphatic hydroxyl groups is 1. The number of ether oxygens (including phenoxy) is 1. The first-order valence-electron chi connectivity index (χ1n) is 9.92. The maximum Gasteiger partial charge on any atom is 0.328 e. The van der Waals surface area contributed by atoms with Gasteiger partial charge in [0.25, 0.3) is 5.91 Å². The Morgan fingerprint density at radius 3 is 2.24 bits per heavy atom. The molecule has 2 saturated carbocycles. The summed E-state index contributed by atoms with van der Waals surface area (Å²) < 4.78 is 5.45. The minimum Gasteiger partial charge on any atom is -0.461 e. The van der Waals surface area contributed by atoms with Crippen molar-refractivity contribution in [3.8, 4) is 0 Å². The number of esters is 1. The van der Waals surface area contributed by atoms with Gasteiger partial charge in [-0.05, 0) is 44.9 Å². The molecule has 0 heterocycles. The van der Waals surface area contributed by atoms with Crippen molar-refractivity contribution in [2.24, 2.45) is 11.7 Å². The van der Waals surface area contributed by atoms with Gasteiger partial charge in [-0.1, -0.05) is 38.5 Å². The summed E-state index contributed by atoms with van der Waals surface area (Å²) in [4.78, 5) is 24.3. The number of carbonyl (C=O) groups excluding carboxylic acids is 2. The van der Waals surface area contributed by atoms with Gasteiger partial charge in [0.1, 0.15) is 18.2 Å². The van der Waals surface area contributed by atoms with Crippen LogP contribution in [-0.4, -0.2) is 41.3 Å². The quantitative estimate of drug-likeness (QED) is 0.607. The summed E-state index contributed by atoms with van der Waals surface area (Å²) in [5.74, 6) is -0.537. The fourth-order valence-corrected chi connectivity index (χ4v) is 3.94. The van der Waals surface area contributed by atoms with Gasteiger partial charge in [0.05, 0.1) is 0 Å². The minimum atomic E-state index is -1.29. The smallest absolute Gasteiger partial charge is 0.328 e. The summed E-state index contributed by atoms with van der Waals surface area (Å²) in [6.07, 6.45) is 10.3. The number of carbonyl (C=O) groups is 2. The molecule has 144 valence electrons. The molecule has 0 spiro atoms. The summed E-state index contributed by atoms with van der Waals surface area (Å²) in [7, 11) is 0.